The Morgan fingerprint density at radius 1 is 1.00 bits per heavy atom. The number of piperazine rings is 1. The van der Waals surface area contributed by atoms with Crippen LogP contribution >= 0.6 is 23.2 Å². The molecule has 0 unspecified atom stereocenters. The first-order valence-electron chi connectivity index (χ1n) is 10.5. The van der Waals surface area contributed by atoms with Gasteiger partial charge in [0.1, 0.15) is 5.75 Å². The molecule has 1 aromatic heterocycles. The molecule has 0 aliphatic carbocycles. The van der Waals surface area contributed by atoms with Gasteiger partial charge in [0.2, 0.25) is 0 Å². The third-order valence-electron chi connectivity index (χ3n) is 5.43. The van der Waals surface area contributed by atoms with E-state index in [1.807, 2.05) is 12.1 Å². The van der Waals surface area contributed by atoms with Crippen molar-refractivity contribution in [3.63, 3.8) is 0 Å². The number of nitrogens with zero attached hydrogens (tertiary/aromatic N) is 4. The number of ether oxygens (including phenoxy) is 1. The number of alkyl halides is 3. The van der Waals surface area contributed by atoms with Crippen LogP contribution in [0.3, 0.4) is 0 Å². The van der Waals surface area contributed by atoms with E-state index in [9.17, 15) is 18.0 Å². The second kappa shape index (κ2) is 10.2. The van der Waals surface area contributed by atoms with Gasteiger partial charge in [-0.2, -0.15) is 18.3 Å². The average molecular weight is 513 g/mol. The summed E-state index contributed by atoms with van der Waals surface area (Å²) >= 11 is 12.0. The van der Waals surface area contributed by atoms with Crippen molar-refractivity contribution >= 4 is 29.1 Å². The average Bonchev–Trinajstić information content (AvgIpc) is 3.29. The number of carbonyl (C=O) groups excluding carboxylic acids is 1. The van der Waals surface area contributed by atoms with Gasteiger partial charge in [-0.1, -0.05) is 35.3 Å². The fourth-order valence-corrected chi connectivity index (χ4v) is 3.94. The smallest absolute Gasteiger partial charge is 0.416 e. The lowest BCUT2D eigenvalue weighted by Gasteiger charge is -2.34. The predicted molar refractivity (Wildman–Crippen MR) is 122 cm³/mol. The predicted octanol–water partition coefficient (Wildman–Crippen LogP) is 5.20. The molecular weight excluding hydrogens is 492 g/mol. The Labute approximate surface area is 204 Å². The Hall–Kier alpha value is -2.75. The van der Waals surface area contributed by atoms with E-state index in [1.165, 1.54) is 16.8 Å². The fraction of sp³-hybridized carbons (Fsp3) is 0.304. The molecule has 2 aromatic carbocycles. The summed E-state index contributed by atoms with van der Waals surface area (Å²) in [6.45, 7) is 3.09. The molecule has 6 nitrogen and oxygen atoms in total. The molecule has 0 radical (unpaired) electrons. The molecule has 1 aliphatic rings. The molecule has 34 heavy (non-hydrogen) atoms. The molecule has 4 rings (SSSR count). The van der Waals surface area contributed by atoms with Crippen LogP contribution < -0.4 is 4.74 Å². The number of hydrogen-bond acceptors (Lipinski definition) is 4. The maximum absolute atomic E-state index is 12.8. The van der Waals surface area contributed by atoms with Crippen molar-refractivity contribution in [2.45, 2.75) is 19.5 Å². The number of carbonyl (C=O) groups is 1. The molecule has 3 aromatic rings. The zero-order valence-electron chi connectivity index (χ0n) is 17.9. The minimum Gasteiger partial charge on any atom is -0.471 e. The zero-order chi connectivity index (χ0) is 24.3. The number of aromatic nitrogens is 2. The van der Waals surface area contributed by atoms with Crippen LogP contribution in [0.1, 0.15) is 21.6 Å². The van der Waals surface area contributed by atoms with E-state index in [-0.39, 0.29) is 24.1 Å². The molecule has 0 N–H and O–H groups in total. The van der Waals surface area contributed by atoms with Crippen molar-refractivity contribution in [1.82, 2.24) is 19.6 Å². The van der Waals surface area contributed by atoms with E-state index < -0.39 is 11.7 Å². The number of rotatable bonds is 6. The molecular formula is C23H21Cl2F3N4O2. The van der Waals surface area contributed by atoms with Crippen LogP contribution in [0, 0.1) is 0 Å². The Morgan fingerprint density at radius 3 is 2.47 bits per heavy atom. The van der Waals surface area contributed by atoms with Crippen molar-refractivity contribution in [1.29, 1.82) is 0 Å². The molecule has 1 amide bonds. The third-order valence-corrected chi connectivity index (χ3v) is 6.17. The van der Waals surface area contributed by atoms with E-state index in [0.29, 0.717) is 42.8 Å². The van der Waals surface area contributed by atoms with Gasteiger partial charge in [-0.05, 0) is 42.0 Å². The summed E-state index contributed by atoms with van der Waals surface area (Å²) in [4.78, 5) is 16.8. The molecule has 0 atom stereocenters. The molecule has 0 bridgehead atoms. The summed E-state index contributed by atoms with van der Waals surface area (Å²) in [5.74, 6) is -0.136. The third kappa shape index (κ3) is 6.02. The lowest BCUT2D eigenvalue weighted by atomic mass is 10.2. The monoisotopic (exact) mass is 512 g/mol. The number of amides is 1. The summed E-state index contributed by atoms with van der Waals surface area (Å²) in [7, 11) is 0. The van der Waals surface area contributed by atoms with Crippen LogP contribution in [0.4, 0.5) is 13.2 Å². The molecule has 0 spiro atoms. The Kier molecular flexibility index (Phi) is 7.35. The van der Waals surface area contributed by atoms with E-state index in [1.54, 1.807) is 23.2 Å². The fourth-order valence-electron chi connectivity index (χ4n) is 3.62. The van der Waals surface area contributed by atoms with Crippen LogP contribution in [-0.4, -0.2) is 51.7 Å². The standard InChI is InChI=1S/C23H21Cl2F3N4O2/c24-19-5-4-16(12-20(19)25)14-30-8-10-31(11-9-30)22(33)21-6-7-32(29-21)15-34-18-3-1-2-17(13-18)23(26,27)28/h1-7,12-13H,8-11,14-15H2. The van der Waals surface area contributed by atoms with Gasteiger partial charge in [-0.25, -0.2) is 4.68 Å². The molecule has 1 aliphatic heterocycles. The van der Waals surface area contributed by atoms with E-state index in [4.69, 9.17) is 27.9 Å². The zero-order valence-corrected chi connectivity index (χ0v) is 19.4. The van der Waals surface area contributed by atoms with Gasteiger partial charge in [0, 0.05) is 38.9 Å². The lowest BCUT2D eigenvalue weighted by molar-refractivity contribution is -0.137. The summed E-state index contributed by atoms with van der Waals surface area (Å²) in [6.07, 6.45) is -2.89. The molecule has 180 valence electrons. The summed E-state index contributed by atoms with van der Waals surface area (Å²) in [5, 5.41) is 5.24. The van der Waals surface area contributed by atoms with Gasteiger partial charge >= 0.3 is 6.18 Å². The van der Waals surface area contributed by atoms with Gasteiger partial charge in [-0.15, -0.1) is 0 Å². The van der Waals surface area contributed by atoms with Gasteiger partial charge in [0.15, 0.2) is 12.4 Å². The normalized spacial score (nSPS) is 14.9. The Bertz CT molecular complexity index is 1160. The van der Waals surface area contributed by atoms with Crippen molar-refractivity contribution in [3.05, 3.63) is 81.6 Å². The molecule has 2 heterocycles. The largest absolute Gasteiger partial charge is 0.471 e. The summed E-state index contributed by atoms with van der Waals surface area (Å²) in [6, 6.07) is 11.7. The molecule has 11 heteroatoms. The minimum absolute atomic E-state index is 0.0660. The van der Waals surface area contributed by atoms with Crippen molar-refractivity contribution in [3.8, 4) is 5.75 Å². The van der Waals surface area contributed by atoms with Gasteiger partial charge in [-0.3, -0.25) is 9.69 Å². The van der Waals surface area contributed by atoms with Crippen LogP contribution in [0.2, 0.25) is 10.0 Å². The number of benzene rings is 2. The molecule has 0 saturated carbocycles. The highest BCUT2D eigenvalue weighted by molar-refractivity contribution is 6.42. The maximum atomic E-state index is 12.8. The highest BCUT2D eigenvalue weighted by Crippen LogP contribution is 2.31. The summed E-state index contributed by atoms with van der Waals surface area (Å²) < 4.78 is 45.3. The van der Waals surface area contributed by atoms with Crippen LogP contribution in [0.15, 0.2) is 54.7 Å². The van der Waals surface area contributed by atoms with E-state index in [0.717, 1.165) is 17.7 Å². The highest BCUT2D eigenvalue weighted by Gasteiger charge is 2.30. The second-order valence-electron chi connectivity index (χ2n) is 7.86. The van der Waals surface area contributed by atoms with Crippen LogP contribution in [0.25, 0.3) is 0 Å². The first-order chi connectivity index (χ1) is 16.2. The quantitative estimate of drug-likeness (QED) is 0.455. The van der Waals surface area contributed by atoms with Gasteiger partial charge in [0.05, 0.1) is 15.6 Å². The minimum atomic E-state index is -4.45. The van der Waals surface area contributed by atoms with E-state index in [2.05, 4.69) is 10.00 Å². The van der Waals surface area contributed by atoms with Crippen LogP contribution in [-0.2, 0) is 19.5 Å². The SMILES string of the molecule is O=C(c1ccn(COc2cccc(C(F)(F)F)c2)n1)N1CCN(Cc2ccc(Cl)c(Cl)c2)CC1. The maximum Gasteiger partial charge on any atom is 0.416 e. The first kappa shape index (κ1) is 24.4. The van der Waals surface area contributed by atoms with Gasteiger partial charge in [0.25, 0.3) is 5.91 Å². The highest BCUT2D eigenvalue weighted by atomic mass is 35.5. The van der Waals surface area contributed by atoms with Crippen molar-refractivity contribution in [2.24, 2.45) is 0 Å². The second-order valence-corrected chi connectivity index (χ2v) is 8.67. The number of halogens is 5. The van der Waals surface area contributed by atoms with E-state index >= 15 is 0 Å². The molecule has 1 fully saturated rings. The Morgan fingerprint density at radius 2 is 1.76 bits per heavy atom. The van der Waals surface area contributed by atoms with Crippen molar-refractivity contribution in [2.75, 3.05) is 26.2 Å². The molecule has 1 saturated heterocycles. The Balaban J connectivity index is 1.28. The van der Waals surface area contributed by atoms with Crippen LogP contribution in [0.5, 0.6) is 5.75 Å². The van der Waals surface area contributed by atoms with Gasteiger partial charge < -0.3 is 9.64 Å². The first-order valence-corrected chi connectivity index (χ1v) is 11.2. The topological polar surface area (TPSA) is 50.6 Å². The summed E-state index contributed by atoms with van der Waals surface area (Å²) in [5.41, 5.74) is 0.513. The van der Waals surface area contributed by atoms with Crippen molar-refractivity contribution < 1.29 is 22.7 Å². The number of hydrogen-bond donors (Lipinski definition) is 0. The lowest BCUT2D eigenvalue weighted by Crippen LogP contribution is -2.48.